The predicted molar refractivity (Wildman–Crippen MR) is 52.1 cm³/mol. The topological polar surface area (TPSA) is 49.3 Å². The normalized spacial score (nSPS) is 8.85. The summed E-state index contributed by atoms with van der Waals surface area (Å²) < 4.78 is 0. The fourth-order valence-electron chi connectivity index (χ4n) is 0.868. The van der Waals surface area contributed by atoms with Crippen LogP contribution >= 0.6 is 0 Å². The molecule has 0 fully saturated rings. The Labute approximate surface area is 78.8 Å². The summed E-state index contributed by atoms with van der Waals surface area (Å²) in [6.07, 6.45) is 7.86. The van der Waals surface area contributed by atoms with Crippen LogP contribution in [0.2, 0.25) is 0 Å². The highest BCUT2D eigenvalue weighted by atomic mass is 16.4. The second-order valence-corrected chi connectivity index (χ2v) is 2.75. The van der Waals surface area contributed by atoms with E-state index in [4.69, 9.17) is 11.5 Å². The summed E-state index contributed by atoms with van der Waals surface area (Å²) in [4.78, 5) is 10.1. The number of terminal acetylenes is 1. The van der Waals surface area contributed by atoms with Crippen molar-refractivity contribution in [3.8, 4) is 12.3 Å². The smallest absolute Gasteiger partial charge is 0.303 e. The van der Waals surface area contributed by atoms with Gasteiger partial charge in [0, 0.05) is 13.0 Å². The van der Waals surface area contributed by atoms with Crippen molar-refractivity contribution in [2.75, 3.05) is 6.54 Å². The zero-order chi connectivity index (χ0) is 10.1. The molecule has 0 unspecified atom stereocenters. The average molecular weight is 181 g/mol. The molecular weight excluding hydrogens is 166 g/mol. The third-order valence-corrected chi connectivity index (χ3v) is 1.58. The van der Waals surface area contributed by atoms with Crippen LogP contribution in [-0.2, 0) is 4.79 Å². The highest BCUT2D eigenvalue weighted by Crippen LogP contribution is 1.98. The van der Waals surface area contributed by atoms with Gasteiger partial charge in [-0.3, -0.25) is 4.79 Å². The van der Waals surface area contributed by atoms with Crippen molar-refractivity contribution in [3.05, 3.63) is 12.3 Å². The van der Waals surface area contributed by atoms with Crippen molar-refractivity contribution in [2.24, 2.45) is 0 Å². The van der Waals surface area contributed by atoms with E-state index in [1.807, 2.05) is 0 Å². The van der Waals surface area contributed by atoms with Crippen LogP contribution in [0.25, 0.3) is 0 Å². The molecule has 72 valence electrons. The van der Waals surface area contributed by atoms with Crippen LogP contribution in [0.1, 0.15) is 25.7 Å². The number of hydrogen-bond acceptors (Lipinski definition) is 2. The maximum Gasteiger partial charge on any atom is 0.303 e. The van der Waals surface area contributed by atoms with Gasteiger partial charge in [-0.15, -0.1) is 6.42 Å². The van der Waals surface area contributed by atoms with Gasteiger partial charge in [-0.25, -0.2) is 0 Å². The zero-order valence-corrected chi connectivity index (χ0v) is 7.68. The first-order valence-corrected chi connectivity index (χ1v) is 4.28. The summed E-state index contributed by atoms with van der Waals surface area (Å²) in [5.74, 6) is 1.64. The summed E-state index contributed by atoms with van der Waals surface area (Å²) in [6.45, 7) is 4.34. The molecule has 0 aromatic heterocycles. The Morgan fingerprint density at radius 2 is 2.15 bits per heavy atom. The van der Waals surface area contributed by atoms with Crippen LogP contribution in [-0.4, -0.2) is 17.6 Å². The van der Waals surface area contributed by atoms with Crippen LogP contribution in [0.4, 0.5) is 0 Å². The minimum Gasteiger partial charge on any atom is -0.481 e. The lowest BCUT2D eigenvalue weighted by atomic mass is 10.2. The Kier molecular flexibility index (Phi) is 6.44. The van der Waals surface area contributed by atoms with E-state index in [9.17, 15) is 4.79 Å². The Hall–Kier alpha value is -1.43. The van der Waals surface area contributed by atoms with Crippen LogP contribution in [0.3, 0.4) is 0 Å². The van der Waals surface area contributed by atoms with Gasteiger partial charge >= 0.3 is 5.97 Å². The molecule has 0 saturated carbocycles. The third kappa shape index (κ3) is 8.48. The predicted octanol–water partition coefficient (Wildman–Crippen LogP) is 1.37. The molecule has 0 amide bonds. The lowest BCUT2D eigenvalue weighted by molar-refractivity contribution is -0.137. The highest BCUT2D eigenvalue weighted by Gasteiger charge is 1.95. The number of nitrogens with one attached hydrogen (secondary N) is 1. The molecule has 0 radical (unpaired) electrons. The number of allylic oxidation sites excluding steroid dienone is 1. The van der Waals surface area contributed by atoms with E-state index in [0.717, 1.165) is 25.8 Å². The van der Waals surface area contributed by atoms with E-state index < -0.39 is 5.97 Å². The number of carbonyl (C=O) groups is 1. The van der Waals surface area contributed by atoms with Crippen LogP contribution in [0.15, 0.2) is 12.3 Å². The molecular formula is C10H15NO2. The zero-order valence-electron chi connectivity index (χ0n) is 7.68. The van der Waals surface area contributed by atoms with Gasteiger partial charge in [0.15, 0.2) is 0 Å². The largest absolute Gasteiger partial charge is 0.481 e. The van der Waals surface area contributed by atoms with Gasteiger partial charge in [0.2, 0.25) is 0 Å². The number of unbranched alkanes of at least 4 members (excludes halogenated alkanes) is 2. The van der Waals surface area contributed by atoms with Crippen LogP contribution < -0.4 is 5.32 Å². The first kappa shape index (κ1) is 11.6. The average Bonchev–Trinajstić information content (AvgIpc) is 2.10. The van der Waals surface area contributed by atoms with Gasteiger partial charge in [0.1, 0.15) is 0 Å². The van der Waals surface area contributed by atoms with Crippen molar-refractivity contribution in [2.45, 2.75) is 25.7 Å². The lowest BCUT2D eigenvalue weighted by Crippen LogP contribution is -2.12. The van der Waals surface area contributed by atoms with Crippen molar-refractivity contribution in [3.63, 3.8) is 0 Å². The molecule has 0 spiro atoms. The second kappa shape index (κ2) is 7.23. The second-order valence-electron chi connectivity index (χ2n) is 2.75. The van der Waals surface area contributed by atoms with E-state index in [2.05, 4.69) is 17.8 Å². The molecule has 0 rings (SSSR count). The fourth-order valence-corrected chi connectivity index (χ4v) is 0.868. The maximum absolute atomic E-state index is 10.1. The molecule has 13 heavy (non-hydrogen) atoms. The minimum atomic E-state index is -0.735. The summed E-state index contributed by atoms with van der Waals surface area (Å²) >= 11 is 0. The molecule has 0 aromatic carbocycles. The van der Waals surface area contributed by atoms with E-state index in [1.54, 1.807) is 0 Å². The number of carboxylic acid groups (broad SMARTS) is 1. The van der Waals surface area contributed by atoms with Crippen LogP contribution in [0, 0.1) is 12.3 Å². The minimum absolute atomic E-state index is 0.246. The first-order chi connectivity index (χ1) is 6.16. The van der Waals surface area contributed by atoms with Gasteiger partial charge in [-0.2, -0.15) is 0 Å². The van der Waals surface area contributed by atoms with Crippen molar-refractivity contribution in [1.29, 1.82) is 0 Å². The standard InChI is InChI=1S/C10H15NO2/c1-3-9(2)11-8-6-4-5-7-10(12)13/h1,11H,2,4-8H2,(H,12,13). The summed E-state index contributed by atoms with van der Waals surface area (Å²) in [5.41, 5.74) is 0.582. The van der Waals surface area contributed by atoms with Crippen molar-refractivity contribution in [1.82, 2.24) is 5.32 Å². The fraction of sp³-hybridized carbons (Fsp3) is 0.500. The third-order valence-electron chi connectivity index (χ3n) is 1.58. The molecule has 0 aliphatic carbocycles. The molecule has 0 aliphatic rings. The highest BCUT2D eigenvalue weighted by molar-refractivity contribution is 5.66. The van der Waals surface area contributed by atoms with Gasteiger partial charge in [0.25, 0.3) is 0 Å². The summed E-state index contributed by atoms with van der Waals surface area (Å²) in [7, 11) is 0. The molecule has 0 saturated heterocycles. The van der Waals surface area contributed by atoms with Crippen LogP contribution in [0.5, 0.6) is 0 Å². The first-order valence-electron chi connectivity index (χ1n) is 4.28. The number of aliphatic carboxylic acids is 1. The molecule has 3 heteroatoms. The maximum atomic E-state index is 10.1. The summed E-state index contributed by atoms with van der Waals surface area (Å²) in [5, 5.41) is 11.3. The molecule has 3 nitrogen and oxygen atoms in total. The Balaban J connectivity index is 3.14. The van der Waals surface area contributed by atoms with E-state index >= 15 is 0 Å². The monoisotopic (exact) mass is 181 g/mol. The SMILES string of the molecule is C#CC(=C)NCCCCCC(=O)O. The molecule has 0 aliphatic heterocycles. The van der Waals surface area contributed by atoms with E-state index in [-0.39, 0.29) is 6.42 Å². The number of carboxylic acids is 1. The molecule has 0 aromatic rings. The molecule has 0 heterocycles. The van der Waals surface area contributed by atoms with E-state index in [1.165, 1.54) is 0 Å². The number of rotatable bonds is 7. The summed E-state index contributed by atoms with van der Waals surface area (Å²) in [6, 6.07) is 0. The molecule has 0 bridgehead atoms. The van der Waals surface area contributed by atoms with Gasteiger partial charge in [-0.1, -0.05) is 18.9 Å². The Bertz CT molecular complexity index is 215. The quantitative estimate of drug-likeness (QED) is 0.460. The number of hydrogen-bond donors (Lipinski definition) is 2. The van der Waals surface area contributed by atoms with Crippen molar-refractivity contribution < 1.29 is 9.90 Å². The molecule has 2 N–H and O–H groups in total. The van der Waals surface area contributed by atoms with Crippen molar-refractivity contribution >= 4 is 5.97 Å². The Morgan fingerprint density at radius 1 is 1.46 bits per heavy atom. The lowest BCUT2D eigenvalue weighted by Gasteiger charge is -2.02. The van der Waals surface area contributed by atoms with Gasteiger partial charge in [0.05, 0.1) is 5.70 Å². The Morgan fingerprint density at radius 3 is 2.69 bits per heavy atom. The van der Waals surface area contributed by atoms with Gasteiger partial charge < -0.3 is 10.4 Å². The van der Waals surface area contributed by atoms with E-state index in [0.29, 0.717) is 5.70 Å². The molecule has 0 atom stereocenters. The van der Waals surface area contributed by atoms with Gasteiger partial charge in [-0.05, 0) is 12.8 Å².